The van der Waals surface area contributed by atoms with Gasteiger partial charge in [-0.15, -0.1) is 0 Å². The highest BCUT2D eigenvalue weighted by Crippen LogP contribution is 2.22. The zero-order valence-corrected chi connectivity index (χ0v) is 10.8. The number of pyridine rings is 1. The van der Waals surface area contributed by atoms with Gasteiger partial charge >= 0.3 is 5.69 Å². The molecule has 1 rings (SSSR count). The summed E-state index contributed by atoms with van der Waals surface area (Å²) in [7, 11) is -2.12. The molecule has 0 unspecified atom stereocenters. The van der Waals surface area contributed by atoms with E-state index in [9.17, 15) is 18.5 Å². The van der Waals surface area contributed by atoms with Crippen LogP contribution >= 0.6 is 0 Å². The van der Waals surface area contributed by atoms with E-state index < -0.39 is 14.9 Å². The Labute approximate surface area is 109 Å². The van der Waals surface area contributed by atoms with E-state index in [1.165, 1.54) is 13.2 Å². The van der Waals surface area contributed by atoms with Gasteiger partial charge in [-0.05, 0) is 7.05 Å². The molecule has 0 saturated carbocycles. The minimum Gasteiger partial charge on any atom is -0.363 e. The standard InChI is InChI=1S/C9H11N5O4S/c1-11-19(17,18)3-2-12-9-8(14(15)16)4-7(5-10)6-13-9/h4,6,11H,2-3H2,1H3,(H,12,13). The third-order valence-electron chi connectivity index (χ3n) is 2.17. The third kappa shape index (κ3) is 4.16. The number of nitriles is 1. The van der Waals surface area contributed by atoms with Crippen LogP contribution in [-0.4, -0.2) is 37.7 Å². The van der Waals surface area contributed by atoms with Crippen molar-refractivity contribution in [2.45, 2.75) is 0 Å². The Morgan fingerprint density at radius 3 is 2.79 bits per heavy atom. The summed E-state index contributed by atoms with van der Waals surface area (Å²) in [5.74, 6) is -0.321. The minimum atomic E-state index is -3.40. The molecule has 9 nitrogen and oxygen atoms in total. The van der Waals surface area contributed by atoms with Crippen LogP contribution in [0.2, 0.25) is 0 Å². The summed E-state index contributed by atoms with van der Waals surface area (Å²) in [6.07, 6.45) is 1.17. The number of nitro groups is 1. The topological polar surface area (TPSA) is 138 Å². The molecule has 1 aromatic rings. The van der Waals surface area contributed by atoms with E-state index in [1.54, 1.807) is 6.07 Å². The average molecular weight is 285 g/mol. The molecular weight excluding hydrogens is 274 g/mol. The molecule has 1 heterocycles. The third-order valence-corrected chi connectivity index (χ3v) is 3.53. The number of nitrogens with zero attached hydrogens (tertiary/aromatic N) is 3. The van der Waals surface area contributed by atoms with Crippen LogP contribution in [0.25, 0.3) is 0 Å². The molecule has 0 aliphatic rings. The van der Waals surface area contributed by atoms with Gasteiger partial charge in [0.25, 0.3) is 0 Å². The number of nitrogens with one attached hydrogen (secondary N) is 2. The Bertz CT molecular complexity index is 622. The summed E-state index contributed by atoms with van der Waals surface area (Å²) in [6.45, 7) is -0.0388. The lowest BCUT2D eigenvalue weighted by atomic mass is 10.3. The van der Waals surface area contributed by atoms with Gasteiger partial charge in [0.05, 0.1) is 16.2 Å². The smallest absolute Gasteiger partial charge is 0.312 e. The molecule has 102 valence electrons. The van der Waals surface area contributed by atoms with Crippen molar-refractivity contribution in [3.63, 3.8) is 0 Å². The highest BCUT2D eigenvalue weighted by atomic mass is 32.2. The molecule has 0 bridgehead atoms. The van der Waals surface area contributed by atoms with E-state index >= 15 is 0 Å². The Kier molecular flexibility index (Phi) is 4.74. The van der Waals surface area contributed by atoms with Gasteiger partial charge < -0.3 is 5.32 Å². The lowest BCUT2D eigenvalue weighted by molar-refractivity contribution is -0.384. The van der Waals surface area contributed by atoms with Crippen LogP contribution in [0.15, 0.2) is 12.3 Å². The first-order valence-electron chi connectivity index (χ1n) is 5.09. The first-order valence-corrected chi connectivity index (χ1v) is 6.74. The van der Waals surface area contributed by atoms with Gasteiger partial charge in [-0.3, -0.25) is 10.1 Å². The largest absolute Gasteiger partial charge is 0.363 e. The van der Waals surface area contributed by atoms with Gasteiger partial charge in [-0.2, -0.15) is 5.26 Å². The van der Waals surface area contributed by atoms with Crippen molar-refractivity contribution in [1.29, 1.82) is 5.26 Å². The van der Waals surface area contributed by atoms with Gasteiger partial charge in [-0.25, -0.2) is 18.1 Å². The van der Waals surface area contributed by atoms with E-state index in [0.717, 1.165) is 6.07 Å². The fourth-order valence-corrected chi connectivity index (χ4v) is 1.77. The zero-order chi connectivity index (χ0) is 14.5. The van der Waals surface area contributed by atoms with E-state index in [1.807, 2.05) is 0 Å². The maximum absolute atomic E-state index is 11.2. The van der Waals surface area contributed by atoms with Gasteiger partial charge in [0.15, 0.2) is 0 Å². The number of anilines is 1. The van der Waals surface area contributed by atoms with Crippen molar-refractivity contribution in [3.8, 4) is 6.07 Å². The molecule has 0 aromatic carbocycles. The minimum absolute atomic E-state index is 0.0388. The summed E-state index contributed by atoms with van der Waals surface area (Å²) < 4.78 is 24.4. The SMILES string of the molecule is CNS(=O)(=O)CCNc1ncc(C#N)cc1[N+](=O)[O-]. The highest BCUT2D eigenvalue weighted by molar-refractivity contribution is 7.89. The van der Waals surface area contributed by atoms with Crippen LogP contribution in [-0.2, 0) is 10.0 Å². The lowest BCUT2D eigenvalue weighted by Gasteiger charge is -2.06. The fourth-order valence-electron chi connectivity index (χ4n) is 1.20. The van der Waals surface area contributed by atoms with Crippen molar-refractivity contribution < 1.29 is 13.3 Å². The molecule has 0 fully saturated rings. The number of aromatic nitrogens is 1. The van der Waals surface area contributed by atoms with Gasteiger partial charge in [0, 0.05) is 18.8 Å². The average Bonchev–Trinajstić information content (AvgIpc) is 2.38. The molecule has 10 heteroatoms. The van der Waals surface area contributed by atoms with Crippen LogP contribution in [0.3, 0.4) is 0 Å². The summed E-state index contributed by atoms with van der Waals surface area (Å²) >= 11 is 0. The monoisotopic (exact) mass is 285 g/mol. The molecule has 0 spiro atoms. The fraction of sp³-hybridized carbons (Fsp3) is 0.333. The number of hydrogen-bond donors (Lipinski definition) is 2. The summed E-state index contributed by atoms with van der Waals surface area (Å²) in [5.41, 5.74) is -0.319. The predicted molar refractivity (Wildman–Crippen MR) is 66.9 cm³/mol. The maximum Gasteiger partial charge on any atom is 0.312 e. The Morgan fingerprint density at radius 2 is 2.26 bits per heavy atom. The highest BCUT2D eigenvalue weighted by Gasteiger charge is 2.17. The normalized spacial score (nSPS) is 10.7. The van der Waals surface area contributed by atoms with Crippen molar-refractivity contribution >= 4 is 21.5 Å². The molecule has 1 aromatic heterocycles. The summed E-state index contributed by atoms with van der Waals surface area (Å²) in [6, 6.07) is 2.81. The van der Waals surface area contributed by atoms with E-state index in [0.29, 0.717) is 0 Å². The number of sulfonamides is 1. The molecular formula is C9H11N5O4S. The first kappa shape index (κ1) is 14.8. The van der Waals surface area contributed by atoms with Crippen molar-refractivity contribution in [2.75, 3.05) is 24.7 Å². The van der Waals surface area contributed by atoms with E-state index in [-0.39, 0.29) is 29.4 Å². The molecule has 0 amide bonds. The Balaban J connectivity index is 2.85. The molecule has 0 radical (unpaired) electrons. The van der Waals surface area contributed by atoms with Crippen LogP contribution in [0.5, 0.6) is 0 Å². The van der Waals surface area contributed by atoms with Crippen LogP contribution in [0, 0.1) is 21.4 Å². The van der Waals surface area contributed by atoms with Crippen LogP contribution in [0.4, 0.5) is 11.5 Å². The second-order valence-electron chi connectivity index (χ2n) is 3.41. The first-order chi connectivity index (χ1) is 8.89. The number of rotatable bonds is 6. The second-order valence-corrected chi connectivity index (χ2v) is 5.46. The molecule has 0 saturated heterocycles. The molecule has 0 atom stereocenters. The van der Waals surface area contributed by atoms with Gasteiger partial charge in [0.2, 0.25) is 15.8 Å². The second kappa shape index (κ2) is 6.07. The number of hydrogen-bond acceptors (Lipinski definition) is 7. The summed E-state index contributed by atoms with van der Waals surface area (Å²) in [4.78, 5) is 13.8. The predicted octanol–water partition coefficient (Wildman–Crippen LogP) is -0.177. The lowest BCUT2D eigenvalue weighted by Crippen LogP contribution is -2.26. The van der Waals surface area contributed by atoms with Crippen LogP contribution < -0.4 is 10.0 Å². The van der Waals surface area contributed by atoms with Crippen LogP contribution in [0.1, 0.15) is 5.56 Å². The molecule has 19 heavy (non-hydrogen) atoms. The van der Waals surface area contributed by atoms with Crippen molar-refractivity contribution in [3.05, 3.63) is 27.9 Å². The summed E-state index contributed by atoms with van der Waals surface area (Å²) in [5, 5.41) is 22.0. The van der Waals surface area contributed by atoms with Gasteiger partial charge in [-0.1, -0.05) is 0 Å². The molecule has 0 aliphatic heterocycles. The maximum atomic E-state index is 11.2. The van der Waals surface area contributed by atoms with Crippen molar-refractivity contribution in [2.24, 2.45) is 0 Å². The van der Waals surface area contributed by atoms with E-state index in [4.69, 9.17) is 5.26 Å². The molecule has 0 aliphatic carbocycles. The molecule has 2 N–H and O–H groups in total. The Morgan fingerprint density at radius 1 is 1.58 bits per heavy atom. The zero-order valence-electron chi connectivity index (χ0n) is 9.95. The Hall–Kier alpha value is -2.25. The van der Waals surface area contributed by atoms with Crippen molar-refractivity contribution in [1.82, 2.24) is 9.71 Å². The van der Waals surface area contributed by atoms with Gasteiger partial charge in [0.1, 0.15) is 6.07 Å². The van der Waals surface area contributed by atoms with E-state index in [2.05, 4.69) is 15.0 Å². The quantitative estimate of drug-likeness (QED) is 0.546.